The van der Waals surface area contributed by atoms with E-state index < -0.39 is 0 Å². The summed E-state index contributed by atoms with van der Waals surface area (Å²) in [5.41, 5.74) is 2.16. The van der Waals surface area contributed by atoms with Gasteiger partial charge in [0.2, 0.25) is 5.91 Å². The van der Waals surface area contributed by atoms with Gasteiger partial charge in [-0.3, -0.25) is 9.59 Å². The number of hydrogen-bond donors (Lipinski definition) is 2. The van der Waals surface area contributed by atoms with E-state index >= 15 is 0 Å². The summed E-state index contributed by atoms with van der Waals surface area (Å²) in [6.07, 6.45) is 0. The van der Waals surface area contributed by atoms with Crippen LogP contribution in [0, 0.1) is 0 Å². The summed E-state index contributed by atoms with van der Waals surface area (Å²) in [6.45, 7) is 0.382. The smallest absolute Gasteiger partial charge is 0.251 e. The molecule has 0 aromatic heterocycles. The van der Waals surface area contributed by atoms with E-state index in [0.29, 0.717) is 17.8 Å². The summed E-state index contributed by atoms with van der Waals surface area (Å²) >= 11 is 3.33. The molecule has 0 aliphatic rings. The maximum Gasteiger partial charge on any atom is 0.251 e. The van der Waals surface area contributed by atoms with E-state index in [-0.39, 0.29) is 18.4 Å². The summed E-state index contributed by atoms with van der Waals surface area (Å²) in [6, 6.07) is 14.4. The van der Waals surface area contributed by atoms with Gasteiger partial charge in [0, 0.05) is 29.4 Å². The van der Waals surface area contributed by atoms with E-state index in [4.69, 9.17) is 4.74 Å². The van der Waals surface area contributed by atoms with Crippen molar-refractivity contribution in [3.63, 3.8) is 0 Å². The second-order valence-electron chi connectivity index (χ2n) is 4.87. The molecule has 0 radical (unpaired) electrons. The molecule has 0 unspecified atom stereocenters. The SMILES string of the molecule is COCC(=O)Nc1cccc(CNC(=O)c2ccc(Br)cc2)c1. The number of halogens is 1. The number of anilines is 1. The van der Waals surface area contributed by atoms with E-state index in [9.17, 15) is 9.59 Å². The second kappa shape index (κ2) is 8.45. The van der Waals surface area contributed by atoms with Crippen molar-refractivity contribution in [2.45, 2.75) is 6.54 Å². The quantitative estimate of drug-likeness (QED) is 0.814. The largest absolute Gasteiger partial charge is 0.375 e. The first-order chi connectivity index (χ1) is 11.1. The third-order valence-electron chi connectivity index (χ3n) is 3.05. The van der Waals surface area contributed by atoms with Crippen LogP contribution >= 0.6 is 15.9 Å². The van der Waals surface area contributed by atoms with E-state index in [1.165, 1.54) is 7.11 Å². The Morgan fingerprint density at radius 2 is 1.87 bits per heavy atom. The number of rotatable bonds is 6. The third kappa shape index (κ3) is 5.50. The highest BCUT2D eigenvalue weighted by atomic mass is 79.9. The van der Waals surface area contributed by atoms with Gasteiger partial charge in [-0.15, -0.1) is 0 Å². The van der Waals surface area contributed by atoms with Gasteiger partial charge in [-0.1, -0.05) is 28.1 Å². The minimum atomic E-state index is -0.219. The lowest BCUT2D eigenvalue weighted by Crippen LogP contribution is -2.23. The molecule has 2 N–H and O–H groups in total. The number of methoxy groups -OCH3 is 1. The predicted molar refractivity (Wildman–Crippen MR) is 92.3 cm³/mol. The van der Waals surface area contributed by atoms with E-state index in [1.807, 2.05) is 30.3 Å². The molecule has 0 aliphatic carbocycles. The molecule has 2 amide bonds. The summed E-state index contributed by atoms with van der Waals surface area (Å²) in [7, 11) is 1.47. The van der Waals surface area contributed by atoms with Crippen molar-refractivity contribution in [3.8, 4) is 0 Å². The average molecular weight is 377 g/mol. The van der Waals surface area contributed by atoms with Gasteiger partial charge in [0.25, 0.3) is 5.91 Å². The fraction of sp³-hybridized carbons (Fsp3) is 0.176. The summed E-state index contributed by atoms with van der Waals surface area (Å²) < 4.78 is 5.69. The molecule has 2 aromatic carbocycles. The fourth-order valence-electron chi connectivity index (χ4n) is 1.97. The van der Waals surface area contributed by atoms with E-state index in [1.54, 1.807) is 18.2 Å². The van der Waals surface area contributed by atoms with Crippen molar-refractivity contribution >= 4 is 33.4 Å². The Morgan fingerprint density at radius 3 is 2.57 bits per heavy atom. The predicted octanol–water partition coefficient (Wildman–Crippen LogP) is 2.96. The molecule has 2 aromatic rings. The second-order valence-corrected chi connectivity index (χ2v) is 5.79. The number of ether oxygens (including phenoxy) is 1. The van der Waals surface area contributed by atoms with Gasteiger partial charge >= 0.3 is 0 Å². The summed E-state index contributed by atoms with van der Waals surface area (Å²) in [5.74, 6) is -0.366. The number of amides is 2. The molecule has 0 bridgehead atoms. The monoisotopic (exact) mass is 376 g/mol. The molecule has 0 saturated heterocycles. The topological polar surface area (TPSA) is 67.4 Å². The van der Waals surface area contributed by atoms with Gasteiger partial charge < -0.3 is 15.4 Å². The van der Waals surface area contributed by atoms with Crippen molar-refractivity contribution in [1.29, 1.82) is 0 Å². The van der Waals surface area contributed by atoms with Crippen molar-refractivity contribution in [3.05, 3.63) is 64.1 Å². The van der Waals surface area contributed by atoms with Crippen molar-refractivity contribution in [1.82, 2.24) is 5.32 Å². The lowest BCUT2D eigenvalue weighted by atomic mass is 10.1. The van der Waals surface area contributed by atoms with Crippen LogP contribution in [-0.4, -0.2) is 25.5 Å². The van der Waals surface area contributed by atoms with Gasteiger partial charge in [0.05, 0.1) is 0 Å². The van der Waals surface area contributed by atoms with Crippen LogP contribution in [0.25, 0.3) is 0 Å². The highest BCUT2D eigenvalue weighted by molar-refractivity contribution is 9.10. The van der Waals surface area contributed by atoms with Crippen LogP contribution in [0.15, 0.2) is 53.0 Å². The molecule has 0 fully saturated rings. The van der Waals surface area contributed by atoms with Crippen LogP contribution in [-0.2, 0) is 16.1 Å². The van der Waals surface area contributed by atoms with Gasteiger partial charge in [0.15, 0.2) is 0 Å². The molecule has 120 valence electrons. The Labute approximate surface area is 143 Å². The number of carbonyl (C=O) groups excluding carboxylic acids is 2. The van der Waals surface area contributed by atoms with E-state index in [2.05, 4.69) is 26.6 Å². The molecule has 6 heteroatoms. The van der Waals surface area contributed by atoms with Crippen molar-refractivity contribution in [2.24, 2.45) is 0 Å². The number of carbonyl (C=O) groups is 2. The molecular formula is C17H17BrN2O3. The summed E-state index contributed by atoms with van der Waals surface area (Å²) in [5, 5.41) is 5.58. The Hall–Kier alpha value is -2.18. The Kier molecular flexibility index (Phi) is 6.31. The zero-order valence-electron chi connectivity index (χ0n) is 12.6. The van der Waals surface area contributed by atoms with Crippen molar-refractivity contribution in [2.75, 3.05) is 19.0 Å². The lowest BCUT2D eigenvalue weighted by molar-refractivity contribution is -0.119. The first-order valence-corrected chi connectivity index (χ1v) is 7.79. The normalized spacial score (nSPS) is 10.2. The van der Waals surface area contributed by atoms with E-state index in [0.717, 1.165) is 10.0 Å². The van der Waals surface area contributed by atoms with Crippen LogP contribution in [0.5, 0.6) is 0 Å². The first-order valence-electron chi connectivity index (χ1n) is 7.00. The Morgan fingerprint density at radius 1 is 1.13 bits per heavy atom. The maximum absolute atomic E-state index is 12.1. The maximum atomic E-state index is 12.1. The number of hydrogen-bond acceptors (Lipinski definition) is 3. The number of benzene rings is 2. The highest BCUT2D eigenvalue weighted by Crippen LogP contribution is 2.12. The van der Waals surface area contributed by atoms with Crippen LogP contribution in [0.1, 0.15) is 15.9 Å². The number of nitrogens with one attached hydrogen (secondary N) is 2. The zero-order valence-corrected chi connectivity index (χ0v) is 14.2. The zero-order chi connectivity index (χ0) is 16.7. The van der Waals surface area contributed by atoms with Crippen LogP contribution in [0.2, 0.25) is 0 Å². The minimum absolute atomic E-state index is 0.00449. The molecular weight excluding hydrogens is 360 g/mol. The molecule has 5 nitrogen and oxygen atoms in total. The lowest BCUT2D eigenvalue weighted by Gasteiger charge is -2.08. The molecule has 2 rings (SSSR count). The van der Waals surface area contributed by atoms with Gasteiger partial charge in [-0.25, -0.2) is 0 Å². The molecule has 23 heavy (non-hydrogen) atoms. The minimum Gasteiger partial charge on any atom is -0.375 e. The molecule has 0 spiro atoms. The molecule has 0 saturated carbocycles. The molecule has 0 atom stereocenters. The molecule has 0 heterocycles. The third-order valence-corrected chi connectivity index (χ3v) is 3.57. The highest BCUT2D eigenvalue weighted by Gasteiger charge is 2.06. The standard InChI is InChI=1S/C17H17BrN2O3/c1-23-11-16(21)20-15-4-2-3-12(9-15)10-19-17(22)13-5-7-14(18)8-6-13/h2-9H,10-11H2,1H3,(H,19,22)(H,20,21). The Balaban J connectivity index is 1.94. The van der Waals surface area contributed by atoms with Gasteiger partial charge in [-0.2, -0.15) is 0 Å². The van der Waals surface area contributed by atoms with Gasteiger partial charge in [0.1, 0.15) is 6.61 Å². The van der Waals surface area contributed by atoms with Crippen LogP contribution in [0.3, 0.4) is 0 Å². The van der Waals surface area contributed by atoms with Gasteiger partial charge in [-0.05, 0) is 42.0 Å². The van der Waals surface area contributed by atoms with Crippen LogP contribution in [0.4, 0.5) is 5.69 Å². The average Bonchev–Trinajstić information content (AvgIpc) is 2.54. The Bertz CT molecular complexity index is 686. The summed E-state index contributed by atoms with van der Waals surface area (Å²) in [4.78, 5) is 23.6. The molecule has 0 aliphatic heterocycles. The van der Waals surface area contributed by atoms with Crippen LogP contribution < -0.4 is 10.6 Å². The fourth-order valence-corrected chi connectivity index (χ4v) is 2.24. The van der Waals surface area contributed by atoms with Crippen molar-refractivity contribution < 1.29 is 14.3 Å². The first kappa shape index (κ1) is 17.2.